The molecule has 1 atom stereocenters. The number of hydrogen-bond donors (Lipinski definition) is 2. The normalized spacial score (nSPS) is 12.8. The number of amides is 1. The highest BCUT2D eigenvalue weighted by molar-refractivity contribution is 6.31. The van der Waals surface area contributed by atoms with Crippen molar-refractivity contribution in [2.45, 2.75) is 52.2 Å². The summed E-state index contributed by atoms with van der Waals surface area (Å²) < 4.78 is 5.39. The van der Waals surface area contributed by atoms with Crippen molar-refractivity contribution in [1.29, 1.82) is 0 Å². The summed E-state index contributed by atoms with van der Waals surface area (Å²) in [5.74, 6) is 0.0400. The van der Waals surface area contributed by atoms with Crippen LogP contribution < -0.4 is 5.32 Å². The van der Waals surface area contributed by atoms with Gasteiger partial charge in [0, 0.05) is 12.0 Å². The van der Waals surface area contributed by atoms with E-state index in [1.807, 2.05) is 33.8 Å². The molecule has 1 aromatic rings. The smallest absolute Gasteiger partial charge is 0.407 e. The number of phenols is 1. The molecule has 2 N–H and O–H groups in total. The molecular weight excluding hydrogens is 278 g/mol. The van der Waals surface area contributed by atoms with Crippen LogP contribution >= 0.6 is 11.6 Å². The van der Waals surface area contributed by atoms with E-state index in [0.717, 1.165) is 5.56 Å². The van der Waals surface area contributed by atoms with Gasteiger partial charge in [-0.15, -0.1) is 0 Å². The number of carbonyl (C=O) groups is 1. The minimum absolute atomic E-state index is 0.0400. The number of ether oxygens (including phenoxy) is 1. The Hall–Kier alpha value is -1.42. The van der Waals surface area contributed by atoms with Crippen molar-refractivity contribution >= 4 is 17.7 Å². The molecule has 0 fully saturated rings. The van der Waals surface area contributed by atoms with Gasteiger partial charge in [-0.05, 0) is 44.9 Å². The predicted octanol–water partition coefficient (Wildman–Crippen LogP) is 3.89. The van der Waals surface area contributed by atoms with Crippen LogP contribution in [0.25, 0.3) is 0 Å². The van der Waals surface area contributed by atoms with E-state index in [-0.39, 0.29) is 17.4 Å². The zero-order valence-electron chi connectivity index (χ0n) is 12.4. The van der Waals surface area contributed by atoms with Gasteiger partial charge in [-0.25, -0.2) is 4.79 Å². The van der Waals surface area contributed by atoms with Gasteiger partial charge in [0.1, 0.15) is 11.9 Å². The average molecular weight is 300 g/mol. The number of carbonyl (C=O) groups excluding carboxylic acids is 1. The van der Waals surface area contributed by atoms with Crippen LogP contribution in [0.5, 0.6) is 5.75 Å². The molecule has 1 rings (SSSR count). The van der Waals surface area contributed by atoms with Crippen molar-refractivity contribution in [2.24, 2.45) is 0 Å². The molecular formula is C15H22ClNO3. The lowest BCUT2D eigenvalue weighted by Crippen LogP contribution is -2.42. The summed E-state index contributed by atoms with van der Waals surface area (Å²) in [5.41, 5.74) is 0.552. The van der Waals surface area contributed by atoms with Crippen LogP contribution in [-0.2, 0) is 11.2 Å². The first-order chi connectivity index (χ1) is 9.21. The molecule has 0 radical (unpaired) electrons. The summed E-state index contributed by atoms with van der Waals surface area (Å²) in [6.45, 7) is 7.64. The Balaban J connectivity index is 2.63. The molecule has 0 aliphatic heterocycles. The van der Waals surface area contributed by atoms with Gasteiger partial charge in [-0.1, -0.05) is 24.6 Å². The number of alkyl carbamates (subject to hydrolysis) is 1. The molecule has 112 valence electrons. The maximum Gasteiger partial charge on any atom is 0.407 e. The van der Waals surface area contributed by atoms with Crippen molar-refractivity contribution < 1.29 is 14.6 Å². The summed E-state index contributed by atoms with van der Waals surface area (Å²) in [5, 5.41) is 12.6. The molecule has 0 bridgehead atoms. The Kier molecular flexibility index (Phi) is 5.69. The fraction of sp³-hybridized carbons (Fsp3) is 0.533. The van der Waals surface area contributed by atoms with Gasteiger partial charge in [-0.2, -0.15) is 0 Å². The summed E-state index contributed by atoms with van der Waals surface area (Å²) >= 11 is 5.76. The SMILES string of the molecule is CCC(Cc1ccc(Cl)c(O)c1)OC(=O)NC(C)(C)C. The summed E-state index contributed by atoms with van der Waals surface area (Å²) in [6, 6.07) is 5.04. The summed E-state index contributed by atoms with van der Waals surface area (Å²) in [4.78, 5) is 11.7. The Bertz CT molecular complexity index is 469. The topological polar surface area (TPSA) is 58.6 Å². The molecule has 0 aliphatic rings. The van der Waals surface area contributed by atoms with Crippen LogP contribution in [-0.4, -0.2) is 22.8 Å². The molecule has 0 aliphatic carbocycles. The maximum atomic E-state index is 11.7. The first kappa shape index (κ1) is 16.6. The summed E-state index contributed by atoms with van der Waals surface area (Å²) in [7, 11) is 0. The van der Waals surface area contributed by atoms with E-state index in [1.54, 1.807) is 12.1 Å². The van der Waals surface area contributed by atoms with Crippen molar-refractivity contribution in [3.63, 3.8) is 0 Å². The molecule has 0 saturated heterocycles. The lowest BCUT2D eigenvalue weighted by molar-refractivity contribution is 0.0890. The van der Waals surface area contributed by atoms with Crippen molar-refractivity contribution in [3.8, 4) is 5.75 Å². The predicted molar refractivity (Wildman–Crippen MR) is 80.3 cm³/mol. The van der Waals surface area contributed by atoms with Crippen LogP contribution in [0.3, 0.4) is 0 Å². The number of nitrogens with one attached hydrogen (secondary N) is 1. The number of phenolic OH excluding ortho intramolecular Hbond substituents is 1. The largest absolute Gasteiger partial charge is 0.506 e. The zero-order chi connectivity index (χ0) is 15.3. The molecule has 0 aromatic heterocycles. The quantitative estimate of drug-likeness (QED) is 0.886. The first-order valence-corrected chi connectivity index (χ1v) is 7.05. The fourth-order valence-corrected chi connectivity index (χ4v) is 1.82. The number of aromatic hydroxyl groups is 1. The number of halogens is 1. The maximum absolute atomic E-state index is 11.7. The lowest BCUT2D eigenvalue weighted by Gasteiger charge is -2.23. The van der Waals surface area contributed by atoms with Crippen LogP contribution in [0.4, 0.5) is 4.79 Å². The molecule has 1 unspecified atom stereocenters. The van der Waals surface area contributed by atoms with Crippen LogP contribution in [0, 0.1) is 0 Å². The molecule has 20 heavy (non-hydrogen) atoms. The van der Waals surface area contributed by atoms with E-state index in [1.165, 1.54) is 0 Å². The standard InChI is InChI=1S/C15H22ClNO3/c1-5-11(20-14(19)17-15(2,3)4)8-10-6-7-12(16)13(18)9-10/h6-7,9,11,18H,5,8H2,1-4H3,(H,17,19). The molecule has 0 spiro atoms. The van der Waals surface area contributed by atoms with Gasteiger partial charge < -0.3 is 15.2 Å². The highest BCUT2D eigenvalue weighted by Crippen LogP contribution is 2.24. The van der Waals surface area contributed by atoms with E-state index in [0.29, 0.717) is 17.9 Å². The monoisotopic (exact) mass is 299 g/mol. The third kappa shape index (κ3) is 5.70. The second-order valence-electron chi connectivity index (χ2n) is 5.80. The second-order valence-corrected chi connectivity index (χ2v) is 6.21. The molecule has 1 amide bonds. The van der Waals surface area contributed by atoms with Gasteiger partial charge in [0.25, 0.3) is 0 Å². The lowest BCUT2D eigenvalue weighted by atomic mass is 10.1. The van der Waals surface area contributed by atoms with Crippen molar-refractivity contribution in [2.75, 3.05) is 0 Å². The highest BCUT2D eigenvalue weighted by atomic mass is 35.5. The van der Waals surface area contributed by atoms with Crippen LogP contribution in [0.15, 0.2) is 18.2 Å². The van der Waals surface area contributed by atoms with E-state index in [2.05, 4.69) is 5.32 Å². The second kappa shape index (κ2) is 6.84. The Labute approximate surface area is 125 Å². The third-order valence-corrected chi connectivity index (χ3v) is 3.00. The van der Waals surface area contributed by atoms with Gasteiger partial charge in [0.15, 0.2) is 0 Å². The molecule has 1 aromatic carbocycles. The Morgan fingerprint density at radius 2 is 2.10 bits per heavy atom. The van der Waals surface area contributed by atoms with Crippen LogP contribution in [0.1, 0.15) is 39.7 Å². The van der Waals surface area contributed by atoms with E-state index in [9.17, 15) is 9.90 Å². The molecule has 4 nitrogen and oxygen atoms in total. The Morgan fingerprint density at radius 1 is 1.45 bits per heavy atom. The van der Waals surface area contributed by atoms with Gasteiger partial charge in [0.2, 0.25) is 0 Å². The minimum atomic E-state index is -0.428. The van der Waals surface area contributed by atoms with Gasteiger partial charge in [-0.3, -0.25) is 0 Å². The highest BCUT2D eigenvalue weighted by Gasteiger charge is 2.18. The fourth-order valence-electron chi connectivity index (χ4n) is 1.70. The first-order valence-electron chi connectivity index (χ1n) is 6.67. The number of rotatable bonds is 4. The van der Waals surface area contributed by atoms with Crippen LogP contribution in [0.2, 0.25) is 5.02 Å². The van der Waals surface area contributed by atoms with E-state index in [4.69, 9.17) is 16.3 Å². The van der Waals surface area contributed by atoms with E-state index >= 15 is 0 Å². The van der Waals surface area contributed by atoms with Crippen molar-refractivity contribution in [1.82, 2.24) is 5.32 Å². The third-order valence-electron chi connectivity index (χ3n) is 2.68. The summed E-state index contributed by atoms with van der Waals surface area (Å²) in [6.07, 6.45) is 0.570. The average Bonchev–Trinajstić information content (AvgIpc) is 2.30. The Morgan fingerprint density at radius 3 is 2.60 bits per heavy atom. The number of hydrogen-bond acceptors (Lipinski definition) is 3. The minimum Gasteiger partial charge on any atom is -0.506 e. The van der Waals surface area contributed by atoms with Gasteiger partial charge in [0.05, 0.1) is 5.02 Å². The zero-order valence-corrected chi connectivity index (χ0v) is 13.1. The molecule has 5 heteroatoms. The van der Waals surface area contributed by atoms with Gasteiger partial charge >= 0.3 is 6.09 Å². The van der Waals surface area contributed by atoms with Crippen molar-refractivity contribution in [3.05, 3.63) is 28.8 Å². The molecule has 0 saturated carbocycles. The molecule has 0 heterocycles. The van der Waals surface area contributed by atoms with E-state index < -0.39 is 6.09 Å². The number of benzene rings is 1.